The number of hydrogen-bond donors (Lipinski definition) is 1. The lowest BCUT2D eigenvalue weighted by Gasteiger charge is -2.18. The lowest BCUT2D eigenvalue weighted by atomic mass is 10.00. The van der Waals surface area contributed by atoms with E-state index in [4.69, 9.17) is 9.51 Å². The molecular weight excluding hydrogens is 374 g/mol. The van der Waals surface area contributed by atoms with Gasteiger partial charge in [0, 0.05) is 17.0 Å². The molecule has 5 nitrogen and oxygen atoms in total. The van der Waals surface area contributed by atoms with Crippen LogP contribution in [0.2, 0.25) is 0 Å². The van der Waals surface area contributed by atoms with Crippen LogP contribution >= 0.6 is 0 Å². The highest BCUT2D eigenvalue weighted by molar-refractivity contribution is 5.96. The van der Waals surface area contributed by atoms with Crippen LogP contribution in [0.4, 0.5) is 0 Å². The van der Waals surface area contributed by atoms with E-state index in [-0.39, 0.29) is 17.9 Å². The molecule has 2 aromatic carbocycles. The van der Waals surface area contributed by atoms with Crippen molar-refractivity contribution in [1.82, 2.24) is 15.5 Å². The molecule has 0 fully saturated rings. The summed E-state index contributed by atoms with van der Waals surface area (Å²) in [5, 5.41) is 8.30. The number of rotatable bonds is 5. The molecule has 0 radical (unpaired) electrons. The molecule has 4 aromatic rings. The highest BCUT2D eigenvalue weighted by atomic mass is 16.5. The monoisotopic (exact) mass is 399 g/mol. The summed E-state index contributed by atoms with van der Waals surface area (Å²) in [6.45, 7) is 8.07. The van der Waals surface area contributed by atoms with Crippen LogP contribution < -0.4 is 5.32 Å². The van der Waals surface area contributed by atoms with Crippen molar-refractivity contribution < 1.29 is 9.32 Å². The first-order chi connectivity index (χ1) is 14.4. The van der Waals surface area contributed by atoms with E-state index in [9.17, 15) is 4.79 Å². The van der Waals surface area contributed by atoms with Gasteiger partial charge in [-0.05, 0) is 49.1 Å². The average Bonchev–Trinajstić information content (AvgIpc) is 3.24. The molecule has 30 heavy (non-hydrogen) atoms. The van der Waals surface area contributed by atoms with Crippen molar-refractivity contribution in [2.45, 2.75) is 39.7 Å². The number of aryl methyl sites for hydroxylation is 1. The summed E-state index contributed by atoms with van der Waals surface area (Å²) in [7, 11) is 0. The van der Waals surface area contributed by atoms with Crippen LogP contribution in [0.15, 0.2) is 65.2 Å². The number of aromatic nitrogens is 2. The second kappa shape index (κ2) is 8.11. The van der Waals surface area contributed by atoms with Crippen LogP contribution in [-0.4, -0.2) is 16.0 Å². The van der Waals surface area contributed by atoms with Gasteiger partial charge in [0.2, 0.25) is 0 Å². The number of fused-ring (bicyclic) bond motifs is 1. The first kappa shape index (κ1) is 19.8. The van der Waals surface area contributed by atoms with Crippen molar-refractivity contribution >= 4 is 16.8 Å². The summed E-state index contributed by atoms with van der Waals surface area (Å²) in [6.07, 6.45) is 0. The van der Waals surface area contributed by atoms with Gasteiger partial charge >= 0.3 is 0 Å². The predicted molar refractivity (Wildman–Crippen MR) is 118 cm³/mol. The van der Waals surface area contributed by atoms with E-state index in [1.807, 2.05) is 74.5 Å². The first-order valence-corrected chi connectivity index (χ1v) is 10.2. The highest BCUT2D eigenvalue weighted by Crippen LogP contribution is 2.30. The summed E-state index contributed by atoms with van der Waals surface area (Å²) in [5.74, 6) is 0.808. The molecule has 152 valence electrons. The Balaban J connectivity index is 1.73. The minimum absolute atomic E-state index is 0.0928. The average molecular weight is 399 g/mol. The van der Waals surface area contributed by atoms with Gasteiger partial charge in [-0.3, -0.25) is 4.79 Å². The van der Waals surface area contributed by atoms with Gasteiger partial charge in [-0.2, -0.15) is 0 Å². The van der Waals surface area contributed by atoms with Crippen molar-refractivity contribution in [3.8, 4) is 11.5 Å². The third kappa shape index (κ3) is 3.83. The van der Waals surface area contributed by atoms with E-state index >= 15 is 0 Å². The van der Waals surface area contributed by atoms with Gasteiger partial charge in [0.1, 0.15) is 5.69 Å². The van der Waals surface area contributed by atoms with E-state index in [0.717, 1.165) is 27.7 Å². The second-order valence-electron chi connectivity index (χ2n) is 7.89. The predicted octanol–water partition coefficient (Wildman–Crippen LogP) is 5.81. The van der Waals surface area contributed by atoms with Crippen molar-refractivity contribution in [1.29, 1.82) is 0 Å². The number of para-hydroxylation sites is 1. The summed E-state index contributed by atoms with van der Waals surface area (Å²) in [6, 6.07) is 19.2. The number of nitrogens with one attached hydrogen (secondary N) is 1. The SMILES string of the molecule is Cc1ccccc1C(=O)NC(C)c1cc(-c2cc(C(C)C)no2)nc2ccccc12. The smallest absolute Gasteiger partial charge is 0.252 e. The molecule has 0 aliphatic rings. The third-order valence-electron chi connectivity index (χ3n) is 5.32. The van der Waals surface area contributed by atoms with Crippen LogP contribution in [-0.2, 0) is 0 Å². The largest absolute Gasteiger partial charge is 0.354 e. The molecule has 0 saturated carbocycles. The zero-order chi connectivity index (χ0) is 21.3. The molecule has 1 amide bonds. The number of nitrogens with zero attached hydrogens (tertiary/aromatic N) is 2. The summed E-state index contributed by atoms with van der Waals surface area (Å²) >= 11 is 0. The number of benzene rings is 2. The molecule has 2 heterocycles. The number of carbonyl (C=O) groups excluding carboxylic acids is 1. The van der Waals surface area contributed by atoms with Gasteiger partial charge in [0.05, 0.1) is 17.3 Å². The quantitative estimate of drug-likeness (QED) is 0.460. The van der Waals surface area contributed by atoms with Gasteiger partial charge in [-0.1, -0.05) is 55.4 Å². The Hall–Kier alpha value is -3.47. The van der Waals surface area contributed by atoms with Crippen molar-refractivity contribution in [3.63, 3.8) is 0 Å². The number of amides is 1. The number of carbonyl (C=O) groups is 1. The van der Waals surface area contributed by atoms with Crippen LogP contribution in [0.1, 0.15) is 59.9 Å². The maximum atomic E-state index is 12.9. The first-order valence-electron chi connectivity index (χ1n) is 10.2. The molecule has 1 atom stereocenters. The van der Waals surface area contributed by atoms with E-state index in [2.05, 4.69) is 24.3 Å². The fraction of sp³-hybridized carbons (Fsp3) is 0.240. The van der Waals surface area contributed by atoms with Gasteiger partial charge in [0.25, 0.3) is 5.91 Å². The van der Waals surface area contributed by atoms with Gasteiger partial charge in [0.15, 0.2) is 5.76 Å². The summed E-state index contributed by atoms with van der Waals surface area (Å²) in [5.41, 5.74) is 5.07. The zero-order valence-electron chi connectivity index (χ0n) is 17.6. The molecule has 0 bridgehead atoms. The molecule has 0 aliphatic carbocycles. The highest BCUT2D eigenvalue weighted by Gasteiger charge is 2.19. The fourth-order valence-corrected chi connectivity index (χ4v) is 3.55. The lowest BCUT2D eigenvalue weighted by molar-refractivity contribution is 0.0939. The molecule has 1 N–H and O–H groups in total. The van der Waals surface area contributed by atoms with Crippen molar-refractivity contribution in [2.75, 3.05) is 0 Å². The van der Waals surface area contributed by atoms with Crippen LogP contribution in [0.25, 0.3) is 22.4 Å². The Morgan fingerprint density at radius 1 is 1.00 bits per heavy atom. The normalized spacial score (nSPS) is 12.3. The Morgan fingerprint density at radius 2 is 1.73 bits per heavy atom. The van der Waals surface area contributed by atoms with Crippen LogP contribution in [0.5, 0.6) is 0 Å². The zero-order valence-corrected chi connectivity index (χ0v) is 17.6. The maximum Gasteiger partial charge on any atom is 0.252 e. The molecule has 2 aromatic heterocycles. The Bertz CT molecular complexity index is 1210. The van der Waals surface area contributed by atoms with Crippen LogP contribution in [0.3, 0.4) is 0 Å². The fourth-order valence-electron chi connectivity index (χ4n) is 3.55. The summed E-state index contributed by atoms with van der Waals surface area (Å²) in [4.78, 5) is 17.6. The van der Waals surface area contributed by atoms with E-state index in [1.165, 1.54) is 0 Å². The third-order valence-corrected chi connectivity index (χ3v) is 5.32. The maximum absolute atomic E-state index is 12.9. The van der Waals surface area contributed by atoms with Gasteiger partial charge in [-0.15, -0.1) is 0 Å². The van der Waals surface area contributed by atoms with E-state index in [0.29, 0.717) is 17.0 Å². The standard InChI is InChI=1S/C25H25N3O2/c1-15(2)22-14-24(30-28-22)23-13-20(19-11-7-8-12-21(19)27-23)17(4)26-25(29)18-10-6-5-9-16(18)3/h5-15,17H,1-4H3,(H,26,29). The Labute approximate surface area is 176 Å². The van der Waals surface area contributed by atoms with Crippen molar-refractivity contribution in [3.05, 3.63) is 83.0 Å². The molecule has 1 unspecified atom stereocenters. The molecule has 4 rings (SSSR count). The second-order valence-corrected chi connectivity index (χ2v) is 7.89. The molecular formula is C25H25N3O2. The van der Waals surface area contributed by atoms with Gasteiger partial charge in [-0.25, -0.2) is 4.98 Å². The lowest BCUT2D eigenvalue weighted by Crippen LogP contribution is -2.27. The molecule has 0 aliphatic heterocycles. The van der Waals surface area contributed by atoms with E-state index < -0.39 is 0 Å². The minimum atomic E-state index is -0.212. The minimum Gasteiger partial charge on any atom is -0.354 e. The van der Waals surface area contributed by atoms with Crippen molar-refractivity contribution in [2.24, 2.45) is 0 Å². The number of pyridine rings is 1. The Kier molecular flexibility index (Phi) is 5.36. The molecule has 5 heteroatoms. The molecule has 0 spiro atoms. The Morgan fingerprint density at radius 3 is 2.47 bits per heavy atom. The van der Waals surface area contributed by atoms with Crippen LogP contribution in [0, 0.1) is 6.92 Å². The van der Waals surface area contributed by atoms with Gasteiger partial charge < -0.3 is 9.84 Å². The summed E-state index contributed by atoms with van der Waals surface area (Å²) < 4.78 is 5.56. The van der Waals surface area contributed by atoms with E-state index in [1.54, 1.807) is 0 Å². The molecule has 0 saturated heterocycles. The topological polar surface area (TPSA) is 68.0 Å². The number of hydrogen-bond acceptors (Lipinski definition) is 4.